The summed E-state index contributed by atoms with van der Waals surface area (Å²) in [7, 11) is 0.443. The summed E-state index contributed by atoms with van der Waals surface area (Å²) in [5, 5.41) is 3.37. The van der Waals surface area contributed by atoms with Gasteiger partial charge in [0.1, 0.15) is 0 Å². The fraction of sp³-hybridized carbons (Fsp3) is 0.350. The first-order valence-electron chi connectivity index (χ1n) is 8.92. The van der Waals surface area contributed by atoms with Crippen LogP contribution in [-0.4, -0.2) is 52.7 Å². The second kappa shape index (κ2) is 9.91. The molecule has 0 bridgehead atoms. The molecule has 28 heavy (non-hydrogen) atoms. The Hall–Kier alpha value is -2.09. The average Bonchev–Trinajstić information content (AvgIpc) is 2.63. The molecule has 2 rings (SSSR count). The van der Waals surface area contributed by atoms with Crippen molar-refractivity contribution < 1.29 is 13.2 Å². The maximum atomic E-state index is 12.3. The summed E-state index contributed by atoms with van der Waals surface area (Å²) >= 11 is 6.18. The SMILES string of the molecule is CN(C)CCCNC(=O)c1ccc(N(Cc2ccccc2Cl)S(C)(=O)=O)cc1. The van der Waals surface area contributed by atoms with Crippen LogP contribution in [0.25, 0.3) is 0 Å². The number of rotatable bonds is 9. The first kappa shape index (κ1) is 22.2. The molecular weight excluding hydrogens is 398 g/mol. The minimum absolute atomic E-state index is 0.120. The highest BCUT2D eigenvalue weighted by Gasteiger charge is 2.19. The molecule has 0 spiro atoms. The average molecular weight is 424 g/mol. The summed E-state index contributed by atoms with van der Waals surface area (Å²) in [4.78, 5) is 14.3. The van der Waals surface area contributed by atoms with E-state index in [4.69, 9.17) is 11.6 Å². The van der Waals surface area contributed by atoms with E-state index in [9.17, 15) is 13.2 Å². The van der Waals surface area contributed by atoms with Crippen LogP contribution >= 0.6 is 11.6 Å². The van der Waals surface area contributed by atoms with E-state index in [0.29, 0.717) is 28.4 Å². The number of sulfonamides is 1. The van der Waals surface area contributed by atoms with Crippen molar-refractivity contribution in [2.45, 2.75) is 13.0 Å². The smallest absolute Gasteiger partial charge is 0.251 e. The Morgan fingerprint density at radius 2 is 1.71 bits per heavy atom. The summed E-state index contributed by atoms with van der Waals surface area (Å²) in [5.41, 5.74) is 1.67. The van der Waals surface area contributed by atoms with Gasteiger partial charge in [-0.25, -0.2) is 8.42 Å². The van der Waals surface area contributed by atoms with Crippen molar-refractivity contribution in [3.8, 4) is 0 Å². The molecule has 6 nitrogen and oxygen atoms in total. The molecule has 1 N–H and O–H groups in total. The summed E-state index contributed by atoms with van der Waals surface area (Å²) < 4.78 is 25.9. The topological polar surface area (TPSA) is 69.7 Å². The molecule has 0 aliphatic heterocycles. The summed E-state index contributed by atoms with van der Waals surface area (Å²) in [5.74, 6) is -0.178. The predicted octanol–water partition coefficient (Wildman–Crippen LogP) is 2.99. The van der Waals surface area contributed by atoms with Gasteiger partial charge in [0.25, 0.3) is 5.91 Å². The number of nitrogens with zero attached hydrogens (tertiary/aromatic N) is 2. The van der Waals surface area contributed by atoms with Crippen molar-refractivity contribution in [3.05, 3.63) is 64.7 Å². The molecule has 0 heterocycles. The van der Waals surface area contributed by atoms with Gasteiger partial charge in [0.2, 0.25) is 10.0 Å². The second-order valence-corrected chi connectivity index (χ2v) is 9.13. The number of hydrogen-bond acceptors (Lipinski definition) is 4. The highest BCUT2D eigenvalue weighted by molar-refractivity contribution is 7.92. The molecule has 152 valence electrons. The van der Waals surface area contributed by atoms with Gasteiger partial charge in [-0.3, -0.25) is 9.10 Å². The van der Waals surface area contributed by atoms with Gasteiger partial charge < -0.3 is 10.2 Å². The van der Waals surface area contributed by atoms with E-state index in [-0.39, 0.29) is 12.5 Å². The molecule has 8 heteroatoms. The minimum atomic E-state index is -3.52. The van der Waals surface area contributed by atoms with Gasteiger partial charge in [-0.15, -0.1) is 0 Å². The van der Waals surface area contributed by atoms with Crippen LogP contribution in [0, 0.1) is 0 Å². The maximum Gasteiger partial charge on any atom is 0.251 e. The van der Waals surface area contributed by atoms with Crippen LogP contribution in [0.4, 0.5) is 5.69 Å². The highest BCUT2D eigenvalue weighted by Crippen LogP contribution is 2.24. The Morgan fingerprint density at radius 1 is 1.07 bits per heavy atom. The summed E-state index contributed by atoms with van der Waals surface area (Å²) in [6, 6.07) is 13.6. The van der Waals surface area contributed by atoms with Crippen LogP contribution in [-0.2, 0) is 16.6 Å². The van der Waals surface area contributed by atoms with Gasteiger partial charge in [0.05, 0.1) is 18.5 Å². The monoisotopic (exact) mass is 423 g/mol. The van der Waals surface area contributed by atoms with Crippen molar-refractivity contribution in [1.29, 1.82) is 0 Å². The van der Waals surface area contributed by atoms with Gasteiger partial charge in [-0.05, 0) is 63.0 Å². The van der Waals surface area contributed by atoms with Crippen LogP contribution in [0.3, 0.4) is 0 Å². The lowest BCUT2D eigenvalue weighted by Gasteiger charge is -2.23. The third kappa shape index (κ3) is 6.51. The fourth-order valence-electron chi connectivity index (χ4n) is 2.66. The Labute approximate surface area is 172 Å². The molecule has 0 saturated carbocycles. The Kier molecular flexibility index (Phi) is 7.86. The van der Waals surface area contributed by atoms with Gasteiger partial charge in [0, 0.05) is 17.1 Å². The van der Waals surface area contributed by atoms with Crippen molar-refractivity contribution in [1.82, 2.24) is 10.2 Å². The molecule has 0 saturated heterocycles. The number of nitrogens with one attached hydrogen (secondary N) is 1. The van der Waals surface area contributed by atoms with Gasteiger partial charge >= 0.3 is 0 Å². The Balaban J connectivity index is 2.11. The van der Waals surface area contributed by atoms with Crippen molar-refractivity contribution >= 4 is 33.2 Å². The predicted molar refractivity (Wildman–Crippen MR) is 114 cm³/mol. The molecule has 0 fully saturated rings. The summed E-state index contributed by atoms with van der Waals surface area (Å²) in [6.07, 6.45) is 2.01. The molecule has 0 radical (unpaired) electrons. The zero-order valence-corrected chi connectivity index (χ0v) is 17.9. The zero-order chi connectivity index (χ0) is 20.7. The van der Waals surface area contributed by atoms with Crippen molar-refractivity contribution in [3.63, 3.8) is 0 Å². The maximum absolute atomic E-state index is 12.3. The molecule has 0 aliphatic carbocycles. The van der Waals surface area contributed by atoms with Gasteiger partial charge in [-0.1, -0.05) is 29.8 Å². The lowest BCUT2D eigenvalue weighted by molar-refractivity contribution is 0.0952. The fourth-order valence-corrected chi connectivity index (χ4v) is 3.73. The number of hydrogen-bond donors (Lipinski definition) is 1. The van der Waals surface area contributed by atoms with Crippen LogP contribution in [0.2, 0.25) is 5.02 Å². The molecular formula is C20H26ClN3O3S. The standard InChI is InChI=1S/C20H26ClN3O3S/c1-23(2)14-6-13-22-20(25)16-9-11-18(12-10-16)24(28(3,26)27)15-17-7-4-5-8-19(17)21/h4-5,7-12H,6,13-15H2,1-3H3,(H,22,25). The Bertz CT molecular complexity index is 899. The molecule has 0 aromatic heterocycles. The number of halogens is 1. The number of benzene rings is 2. The molecule has 1 amide bonds. The van der Waals surface area contributed by atoms with E-state index >= 15 is 0 Å². The van der Waals surface area contributed by atoms with E-state index in [2.05, 4.69) is 10.2 Å². The second-order valence-electron chi connectivity index (χ2n) is 6.82. The van der Waals surface area contributed by atoms with E-state index in [0.717, 1.165) is 19.2 Å². The minimum Gasteiger partial charge on any atom is -0.352 e. The van der Waals surface area contributed by atoms with E-state index in [1.54, 1.807) is 42.5 Å². The summed E-state index contributed by atoms with van der Waals surface area (Å²) in [6.45, 7) is 1.60. The number of carbonyl (C=O) groups excluding carboxylic acids is 1. The van der Waals surface area contributed by atoms with E-state index < -0.39 is 10.0 Å². The lowest BCUT2D eigenvalue weighted by atomic mass is 10.1. The van der Waals surface area contributed by atoms with Crippen LogP contribution in [0.5, 0.6) is 0 Å². The third-order valence-electron chi connectivity index (χ3n) is 4.16. The van der Waals surface area contributed by atoms with Crippen LogP contribution in [0.15, 0.2) is 48.5 Å². The lowest BCUT2D eigenvalue weighted by Crippen LogP contribution is -2.30. The number of carbonyl (C=O) groups is 1. The Morgan fingerprint density at radius 3 is 2.29 bits per heavy atom. The molecule has 0 atom stereocenters. The number of anilines is 1. The quantitative estimate of drug-likeness (QED) is 0.629. The van der Waals surface area contributed by atoms with Crippen LogP contribution < -0.4 is 9.62 Å². The van der Waals surface area contributed by atoms with Crippen LogP contribution in [0.1, 0.15) is 22.3 Å². The molecule has 0 unspecified atom stereocenters. The van der Waals surface area contributed by atoms with E-state index in [1.807, 2.05) is 20.2 Å². The van der Waals surface area contributed by atoms with Crippen molar-refractivity contribution in [2.24, 2.45) is 0 Å². The highest BCUT2D eigenvalue weighted by atomic mass is 35.5. The van der Waals surface area contributed by atoms with Gasteiger partial charge in [0.15, 0.2) is 0 Å². The van der Waals surface area contributed by atoms with E-state index in [1.165, 1.54) is 4.31 Å². The van der Waals surface area contributed by atoms with Gasteiger partial charge in [-0.2, -0.15) is 0 Å². The normalized spacial score (nSPS) is 11.5. The first-order valence-corrected chi connectivity index (χ1v) is 11.1. The molecule has 2 aromatic rings. The number of amides is 1. The third-order valence-corrected chi connectivity index (χ3v) is 5.67. The molecule has 2 aromatic carbocycles. The largest absolute Gasteiger partial charge is 0.352 e. The zero-order valence-electron chi connectivity index (χ0n) is 16.4. The van der Waals surface area contributed by atoms with Crippen molar-refractivity contribution in [2.75, 3.05) is 37.7 Å². The first-order chi connectivity index (χ1) is 13.2. The molecule has 0 aliphatic rings.